The minimum absolute atomic E-state index is 0.282. The van der Waals surface area contributed by atoms with Crippen LogP contribution in [-0.4, -0.2) is 28.0 Å². The van der Waals surface area contributed by atoms with Gasteiger partial charge in [0.05, 0.1) is 12.4 Å². The Hall–Kier alpha value is -1.23. The van der Waals surface area contributed by atoms with E-state index in [2.05, 4.69) is 28.7 Å². The first-order chi connectivity index (χ1) is 7.60. The van der Waals surface area contributed by atoms with Crippen LogP contribution in [0.3, 0.4) is 0 Å². The lowest BCUT2D eigenvalue weighted by molar-refractivity contribution is 0.586. The first kappa shape index (κ1) is 12.8. The van der Waals surface area contributed by atoms with Gasteiger partial charge in [0.15, 0.2) is 0 Å². The highest BCUT2D eigenvalue weighted by Crippen LogP contribution is 2.14. The summed E-state index contributed by atoms with van der Waals surface area (Å²) < 4.78 is 0. The molecule has 0 amide bonds. The third-order valence-electron chi connectivity index (χ3n) is 2.74. The van der Waals surface area contributed by atoms with Gasteiger partial charge in [-0.15, -0.1) is 0 Å². The lowest BCUT2D eigenvalue weighted by Gasteiger charge is -2.26. The normalized spacial score (nSPS) is 10.5. The number of aromatic nitrogens is 2. The highest BCUT2D eigenvalue weighted by atomic mass is 32.1. The van der Waals surface area contributed by atoms with E-state index >= 15 is 0 Å². The molecule has 0 bridgehead atoms. The highest BCUT2D eigenvalue weighted by Gasteiger charge is 2.12. The SMILES string of the molecule is CCC(CC)N(C)c1cnc(C(N)=S)cn1. The van der Waals surface area contributed by atoms with E-state index < -0.39 is 0 Å². The molecular weight excluding hydrogens is 220 g/mol. The average Bonchev–Trinajstić information content (AvgIpc) is 2.30. The molecule has 0 radical (unpaired) electrons. The Morgan fingerprint density at radius 1 is 1.38 bits per heavy atom. The number of anilines is 1. The molecule has 0 fully saturated rings. The van der Waals surface area contributed by atoms with Crippen molar-refractivity contribution in [2.75, 3.05) is 11.9 Å². The topological polar surface area (TPSA) is 55.0 Å². The van der Waals surface area contributed by atoms with Gasteiger partial charge < -0.3 is 10.6 Å². The summed E-state index contributed by atoms with van der Waals surface area (Å²) >= 11 is 4.83. The summed E-state index contributed by atoms with van der Waals surface area (Å²) in [4.78, 5) is 10.9. The van der Waals surface area contributed by atoms with Crippen LogP contribution in [0.1, 0.15) is 32.4 Å². The van der Waals surface area contributed by atoms with E-state index in [4.69, 9.17) is 18.0 Å². The van der Waals surface area contributed by atoms with Crippen LogP contribution in [-0.2, 0) is 0 Å². The van der Waals surface area contributed by atoms with E-state index in [1.54, 1.807) is 12.4 Å². The van der Waals surface area contributed by atoms with E-state index in [1.165, 1.54) is 0 Å². The fourth-order valence-electron chi connectivity index (χ4n) is 1.65. The summed E-state index contributed by atoms with van der Waals surface area (Å²) in [5.74, 6) is 0.855. The predicted octanol–water partition coefficient (Wildman–Crippen LogP) is 1.74. The highest BCUT2D eigenvalue weighted by molar-refractivity contribution is 7.80. The number of hydrogen-bond acceptors (Lipinski definition) is 4. The molecule has 88 valence electrons. The smallest absolute Gasteiger partial charge is 0.147 e. The molecule has 0 aliphatic carbocycles. The lowest BCUT2D eigenvalue weighted by Crippen LogP contribution is -2.31. The van der Waals surface area contributed by atoms with Crippen LogP contribution in [0, 0.1) is 0 Å². The molecule has 2 N–H and O–H groups in total. The second-order valence-electron chi connectivity index (χ2n) is 3.71. The van der Waals surface area contributed by atoms with Gasteiger partial charge in [-0.2, -0.15) is 0 Å². The first-order valence-corrected chi connectivity index (χ1v) is 5.85. The van der Waals surface area contributed by atoms with Crippen LogP contribution in [0.2, 0.25) is 0 Å². The minimum atomic E-state index is 0.282. The molecule has 0 atom stereocenters. The second kappa shape index (κ2) is 5.75. The Morgan fingerprint density at radius 2 is 2.00 bits per heavy atom. The summed E-state index contributed by atoms with van der Waals surface area (Å²) in [5, 5.41) is 0. The zero-order valence-corrected chi connectivity index (χ0v) is 10.8. The molecule has 1 rings (SSSR count). The van der Waals surface area contributed by atoms with Gasteiger partial charge in [-0.1, -0.05) is 26.1 Å². The van der Waals surface area contributed by atoms with Gasteiger partial charge in [0.1, 0.15) is 16.5 Å². The Kier molecular flexibility index (Phi) is 4.61. The number of thiocarbonyl (C=S) groups is 1. The fraction of sp³-hybridized carbons (Fsp3) is 0.545. The maximum absolute atomic E-state index is 5.47. The number of rotatable bonds is 5. The number of hydrogen-bond donors (Lipinski definition) is 1. The molecule has 0 aromatic carbocycles. The van der Waals surface area contributed by atoms with Crippen molar-refractivity contribution < 1.29 is 0 Å². The Balaban J connectivity index is 2.84. The van der Waals surface area contributed by atoms with E-state index in [0.29, 0.717) is 11.7 Å². The number of nitrogens with zero attached hydrogens (tertiary/aromatic N) is 3. The first-order valence-electron chi connectivity index (χ1n) is 5.44. The maximum Gasteiger partial charge on any atom is 0.147 e. The van der Waals surface area contributed by atoms with Crippen LogP contribution in [0.15, 0.2) is 12.4 Å². The molecule has 16 heavy (non-hydrogen) atoms. The summed E-state index contributed by atoms with van der Waals surface area (Å²) in [7, 11) is 2.03. The van der Waals surface area contributed by atoms with Gasteiger partial charge >= 0.3 is 0 Å². The van der Waals surface area contributed by atoms with E-state index in [9.17, 15) is 0 Å². The molecule has 4 nitrogen and oxygen atoms in total. The monoisotopic (exact) mass is 238 g/mol. The lowest BCUT2D eigenvalue weighted by atomic mass is 10.1. The molecule has 1 aromatic rings. The predicted molar refractivity (Wildman–Crippen MR) is 70.7 cm³/mol. The Bertz CT molecular complexity index is 346. The maximum atomic E-state index is 5.47. The van der Waals surface area contributed by atoms with Crippen molar-refractivity contribution in [3.05, 3.63) is 18.1 Å². The van der Waals surface area contributed by atoms with Crippen LogP contribution in [0.25, 0.3) is 0 Å². The van der Waals surface area contributed by atoms with Gasteiger partial charge in [-0.25, -0.2) is 9.97 Å². The quantitative estimate of drug-likeness (QED) is 0.792. The van der Waals surface area contributed by atoms with Crippen molar-refractivity contribution in [2.24, 2.45) is 5.73 Å². The zero-order valence-electron chi connectivity index (χ0n) is 9.97. The molecule has 0 aliphatic heterocycles. The molecule has 0 spiro atoms. The van der Waals surface area contributed by atoms with Crippen LogP contribution in [0.5, 0.6) is 0 Å². The molecule has 5 heteroatoms. The van der Waals surface area contributed by atoms with Crippen molar-refractivity contribution in [1.82, 2.24) is 9.97 Å². The van der Waals surface area contributed by atoms with Gasteiger partial charge in [0, 0.05) is 13.1 Å². The van der Waals surface area contributed by atoms with Crippen molar-refractivity contribution in [2.45, 2.75) is 32.7 Å². The van der Waals surface area contributed by atoms with Gasteiger partial charge in [-0.3, -0.25) is 0 Å². The molecule has 0 saturated carbocycles. The summed E-state index contributed by atoms with van der Waals surface area (Å²) in [6, 6.07) is 0.491. The molecule has 1 aromatic heterocycles. The molecule has 0 saturated heterocycles. The van der Waals surface area contributed by atoms with E-state index in [-0.39, 0.29) is 4.99 Å². The second-order valence-corrected chi connectivity index (χ2v) is 4.15. The summed E-state index contributed by atoms with van der Waals surface area (Å²) in [6.07, 6.45) is 5.51. The fourth-order valence-corrected chi connectivity index (χ4v) is 1.76. The average molecular weight is 238 g/mol. The Labute approximate surface area is 102 Å². The van der Waals surface area contributed by atoms with Crippen molar-refractivity contribution in [1.29, 1.82) is 0 Å². The number of nitrogens with two attached hydrogens (primary N) is 1. The molecule has 0 aliphatic rings. The van der Waals surface area contributed by atoms with Gasteiger partial charge in [-0.05, 0) is 12.8 Å². The van der Waals surface area contributed by atoms with Crippen molar-refractivity contribution in [3.63, 3.8) is 0 Å². The van der Waals surface area contributed by atoms with Gasteiger partial charge in [0.25, 0.3) is 0 Å². The van der Waals surface area contributed by atoms with E-state index in [1.807, 2.05) is 7.05 Å². The van der Waals surface area contributed by atoms with Crippen molar-refractivity contribution >= 4 is 23.0 Å². The van der Waals surface area contributed by atoms with Crippen molar-refractivity contribution in [3.8, 4) is 0 Å². The minimum Gasteiger partial charge on any atom is -0.388 e. The summed E-state index contributed by atoms with van der Waals surface area (Å²) in [6.45, 7) is 4.34. The van der Waals surface area contributed by atoms with Crippen LogP contribution in [0.4, 0.5) is 5.82 Å². The van der Waals surface area contributed by atoms with Crippen LogP contribution >= 0.6 is 12.2 Å². The third-order valence-corrected chi connectivity index (χ3v) is 2.95. The van der Waals surface area contributed by atoms with Crippen LogP contribution < -0.4 is 10.6 Å². The molecular formula is C11H18N4S. The summed E-state index contributed by atoms with van der Waals surface area (Å²) in [5.41, 5.74) is 6.03. The molecule has 0 unspecified atom stereocenters. The van der Waals surface area contributed by atoms with Gasteiger partial charge in [0.2, 0.25) is 0 Å². The Morgan fingerprint density at radius 3 is 2.38 bits per heavy atom. The third kappa shape index (κ3) is 2.88. The van der Waals surface area contributed by atoms with E-state index in [0.717, 1.165) is 18.7 Å². The molecule has 1 heterocycles. The zero-order chi connectivity index (χ0) is 12.1. The standard InChI is InChI=1S/C11H18N4S/c1-4-8(5-2)15(3)10-7-13-9(6-14-10)11(12)16/h6-8H,4-5H2,1-3H3,(H2,12,16). The largest absolute Gasteiger partial charge is 0.388 e.